The van der Waals surface area contributed by atoms with Crippen LogP contribution >= 0.6 is 12.2 Å². The lowest BCUT2D eigenvalue weighted by molar-refractivity contribution is 0.116. The van der Waals surface area contributed by atoms with Crippen LogP contribution in [0.3, 0.4) is 0 Å². The number of thiocarbonyl (C=S) groups is 1. The predicted octanol–water partition coefficient (Wildman–Crippen LogP) is 5.59. The third-order valence-electron chi connectivity index (χ3n) is 4.50. The molecule has 0 fully saturated rings. The molecule has 0 atom stereocenters. The maximum atomic E-state index is 14.9. The second-order valence-corrected chi connectivity index (χ2v) is 6.90. The van der Waals surface area contributed by atoms with Gasteiger partial charge in [-0.3, -0.25) is 4.98 Å². The Morgan fingerprint density at radius 3 is 2.39 bits per heavy atom. The Kier molecular flexibility index (Phi) is 6.03. The highest BCUT2D eigenvalue weighted by molar-refractivity contribution is 7.81. The Balaban J connectivity index is 1.64. The van der Waals surface area contributed by atoms with Gasteiger partial charge in [0.15, 0.2) is 0 Å². The van der Waals surface area contributed by atoms with Crippen LogP contribution in [0.5, 0.6) is 0 Å². The monoisotopic (exact) mass is 440 g/mol. The van der Waals surface area contributed by atoms with E-state index in [1.165, 1.54) is 6.07 Å². The van der Waals surface area contributed by atoms with Crippen LogP contribution in [0, 0.1) is 5.82 Å². The molecular weight excluding hydrogens is 425 g/mol. The number of benzene rings is 2. The van der Waals surface area contributed by atoms with Crippen molar-refractivity contribution in [3.05, 3.63) is 95.9 Å². The fourth-order valence-electron chi connectivity index (χ4n) is 2.96. The normalized spacial score (nSPS) is 11.0. The minimum absolute atomic E-state index is 0.156. The van der Waals surface area contributed by atoms with Crippen molar-refractivity contribution >= 4 is 22.9 Å². The van der Waals surface area contributed by atoms with Crippen molar-refractivity contribution in [3.63, 3.8) is 0 Å². The molecule has 0 aliphatic carbocycles. The highest BCUT2D eigenvalue weighted by Crippen LogP contribution is 2.27. The van der Waals surface area contributed by atoms with Crippen LogP contribution in [-0.4, -0.2) is 20.2 Å². The van der Waals surface area contributed by atoms with E-state index in [4.69, 9.17) is 16.6 Å². The highest BCUT2D eigenvalue weighted by atomic mass is 32.1. The molecule has 0 unspecified atom stereocenters. The Bertz CT molecular complexity index is 1190. The number of hydrogen-bond donors (Lipinski definition) is 0. The van der Waals surface area contributed by atoms with Crippen molar-refractivity contribution in [3.8, 4) is 11.5 Å². The van der Waals surface area contributed by atoms with E-state index in [1.807, 2.05) is 35.2 Å². The van der Waals surface area contributed by atoms with Crippen molar-refractivity contribution in [1.82, 2.24) is 15.2 Å². The topological polar surface area (TPSA) is 55.1 Å². The first kappa shape index (κ1) is 20.7. The molecule has 2 heterocycles. The molecule has 0 amide bonds. The Morgan fingerprint density at radius 1 is 1.00 bits per heavy atom. The predicted molar refractivity (Wildman–Crippen MR) is 113 cm³/mol. The molecular formula is C22H15F3N4OS. The number of halogens is 3. The van der Waals surface area contributed by atoms with Crippen molar-refractivity contribution < 1.29 is 17.6 Å². The standard InChI is InChI=1S/C22H15F3N4OS/c23-18-12-15(20-27-28-21(30-20)19(24)25)6-7-16(18)13-29(17-4-2-1-3-5-17)22(31)14-8-10-26-11-9-14/h1-12,19H,13H2. The van der Waals surface area contributed by atoms with Crippen LogP contribution in [0.4, 0.5) is 18.9 Å². The van der Waals surface area contributed by atoms with Gasteiger partial charge < -0.3 is 9.32 Å². The first-order valence-corrected chi connectivity index (χ1v) is 9.61. The summed E-state index contributed by atoms with van der Waals surface area (Å²) in [7, 11) is 0. The lowest BCUT2D eigenvalue weighted by Crippen LogP contribution is -2.30. The number of para-hydroxylation sites is 1. The second-order valence-electron chi connectivity index (χ2n) is 6.52. The Morgan fingerprint density at radius 2 is 1.74 bits per heavy atom. The third-order valence-corrected chi connectivity index (χ3v) is 4.95. The molecule has 2 aromatic heterocycles. The van der Waals surface area contributed by atoms with E-state index in [-0.39, 0.29) is 18.0 Å². The summed E-state index contributed by atoms with van der Waals surface area (Å²) in [5, 5.41) is 6.82. The minimum atomic E-state index is -2.89. The molecule has 4 rings (SSSR count). The summed E-state index contributed by atoms with van der Waals surface area (Å²) < 4.78 is 45.2. The maximum absolute atomic E-state index is 14.9. The van der Waals surface area contributed by atoms with Crippen LogP contribution in [0.25, 0.3) is 11.5 Å². The van der Waals surface area contributed by atoms with E-state index in [9.17, 15) is 13.2 Å². The smallest absolute Gasteiger partial charge is 0.314 e. The van der Waals surface area contributed by atoms with Gasteiger partial charge in [-0.05, 0) is 36.4 Å². The van der Waals surface area contributed by atoms with Crippen LogP contribution in [0.2, 0.25) is 0 Å². The first-order chi connectivity index (χ1) is 15.0. The van der Waals surface area contributed by atoms with Crippen molar-refractivity contribution in [2.24, 2.45) is 0 Å². The average Bonchev–Trinajstić information content (AvgIpc) is 3.30. The van der Waals surface area contributed by atoms with E-state index in [2.05, 4.69) is 15.2 Å². The van der Waals surface area contributed by atoms with E-state index < -0.39 is 18.1 Å². The third kappa shape index (κ3) is 4.61. The van der Waals surface area contributed by atoms with Gasteiger partial charge >= 0.3 is 6.43 Å². The largest absolute Gasteiger partial charge is 0.415 e. The molecule has 156 valence electrons. The van der Waals surface area contributed by atoms with Crippen molar-refractivity contribution in [2.45, 2.75) is 13.0 Å². The molecule has 0 radical (unpaired) electrons. The molecule has 0 saturated heterocycles. The number of hydrogen-bond acceptors (Lipinski definition) is 5. The molecule has 0 aliphatic rings. The summed E-state index contributed by atoms with van der Waals surface area (Å²) in [6, 6.07) is 17.2. The minimum Gasteiger partial charge on any atom is -0.415 e. The Hall–Kier alpha value is -3.59. The van der Waals surface area contributed by atoms with Crippen LogP contribution in [0.15, 0.2) is 77.5 Å². The maximum Gasteiger partial charge on any atom is 0.314 e. The zero-order chi connectivity index (χ0) is 21.8. The van der Waals surface area contributed by atoms with Crippen molar-refractivity contribution in [2.75, 3.05) is 4.90 Å². The van der Waals surface area contributed by atoms with Gasteiger partial charge in [-0.15, -0.1) is 10.2 Å². The zero-order valence-electron chi connectivity index (χ0n) is 16.0. The molecule has 4 aromatic rings. The molecule has 0 N–H and O–H groups in total. The lowest BCUT2D eigenvalue weighted by atomic mass is 10.1. The molecule has 0 saturated carbocycles. The fraction of sp³-hybridized carbons (Fsp3) is 0.0909. The molecule has 0 bridgehead atoms. The van der Waals surface area contributed by atoms with Crippen molar-refractivity contribution in [1.29, 1.82) is 0 Å². The summed E-state index contributed by atoms with van der Waals surface area (Å²) in [5.41, 5.74) is 2.14. The van der Waals surface area contributed by atoms with Crippen LogP contribution in [-0.2, 0) is 6.54 Å². The molecule has 0 spiro atoms. The Labute approximate surface area is 181 Å². The SMILES string of the molecule is Fc1cc(-c2nnc(C(F)F)o2)ccc1CN(C(=S)c1ccncc1)c1ccccc1. The van der Waals surface area contributed by atoms with Gasteiger partial charge in [-0.2, -0.15) is 8.78 Å². The van der Waals surface area contributed by atoms with E-state index in [1.54, 1.807) is 36.7 Å². The summed E-state index contributed by atoms with van der Waals surface area (Å²) in [6.45, 7) is 0.156. The van der Waals surface area contributed by atoms with Gasteiger partial charge in [0.25, 0.3) is 5.89 Å². The van der Waals surface area contributed by atoms with Gasteiger partial charge in [0.2, 0.25) is 5.89 Å². The molecule has 0 aliphatic heterocycles. The summed E-state index contributed by atoms with van der Waals surface area (Å²) in [6.07, 6.45) is 0.384. The number of aromatic nitrogens is 3. The van der Waals surface area contributed by atoms with Gasteiger partial charge in [0, 0.05) is 34.8 Å². The highest BCUT2D eigenvalue weighted by Gasteiger charge is 2.20. The van der Waals surface area contributed by atoms with Crippen LogP contribution < -0.4 is 4.90 Å². The average molecular weight is 440 g/mol. The zero-order valence-corrected chi connectivity index (χ0v) is 16.8. The number of rotatable bonds is 6. The lowest BCUT2D eigenvalue weighted by Gasteiger charge is -2.26. The van der Waals surface area contributed by atoms with Gasteiger partial charge in [0.05, 0.1) is 6.54 Å². The molecule has 5 nitrogen and oxygen atoms in total. The number of pyridine rings is 1. The number of nitrogens with zero attached hydrogens (tertiary/aromatic N) is 4. The second kappa shape index (κ2) is 9.05. The molecule has 9 heteroatoms. The molecule has 2 aromatic carbocycles. The summed E-state index contributed by atoms with van der Waals surface area (Å²) >= 11 is 5.67. The van der Waals surface area contributed by atoms with Crippen LogP contribution in [0.1, 0.15) is 23.4 Å². The summed E-state index contributed by atoms with van der Waals surface area (Å²) in [4.78, 5) is 6.32. The number of anilines is 1. The van der Waals surface area contributed by atoms with E-state index in [0.717, 1.165) is 11.3 Å². The quantitative estimate of drug-likeness (QED) is 0.364. The number of alkyl halides is 2. The van der Waals surface area contributed by atoms with Gasteiger partial charge in [0.1, 0.15) is 10.8 Å². The summed E-state index contributed by atoms with van der Waals surface area (Å²) in [5.74, 6) is -1.53. The van der Waals surface area contributed by atoms with E-state index >= 15 is 0 Å². The van der Waals surface area contributed by atoms with Gasteiger partial charge in [-0.1, -0.05) is 36.5 Å². The molecule has 31 heavy (non-hydrogen) atoms. The first-order valence-electron chi connectivity index (χ1n) is 9.20. The fourth-order valence-corrected chi connectivity index (χ4v) is 3.26. The van der Waals surface area contributed by atoms with Gasteiger partial charge in [-0.25, -0.2) is 4.39 Å². The van der Waals surface area contributed by atoms with E-state index in [0.29, 0.717) is 10.6 Å².